The number of ether oxygens (including phenoxy) is 2. The maximum absolute atomic E-state index is 6.26. The third-order valence-electron chi connectivity index (χ3n) is 3.82. The molecule has 19 heavy (non-hydrogen) atoms. The van der Waals surface area contributed by atoms with Crippen molar-refractivity contribution in [2.75, 3.05) is 13.2 Å². The van der Waals surface area contributed by atoms with Crippen LogP contribution in [0.5, 0.6) is 11.5 Å². The molecule has 3 nitrogen and oxygen atoms in total. The van der Waals surface area contributed by atoms with Gasteiger partial charge in [0.15, 0.2) is 0 Å². The smallest absolute Gasteiger partial charge is 0.250 e. The molecule has 1 fully saturated rings. The summed E-state index contributed by atoms with van der Waals surface area (Å²) in [7, 11) is -1.78. The zero-order chi connectivity index (χ0) is 14.1. The highest BCUT2D eigenvalue weighted by Crippen LogP contribution is 2.37. The van der Waals surface area contributed by atoms with E-state index in [2.05, 4.69) is 33.9 Å². The quantitative estimate of drug-likeness (QED) is 0.606. The van der Waals surface area contributed by atoms with Crippen molar-refractivity contribution in [3.8, 4) is 11.5 Å². The highest BCUT2D eigenvalue weighted by atomic mass is 28.4. The van der Waals surface area contributed by atoms with Gasteiger partial charge >= 0.3 is 0 Å². The lowest BCUT2D eigenvalue weighted by Crippen LogP contribution is -2.43. The van der Waals surface area contributed by atoms with Crippen molar-refractivity contribution in [2.45, 2.75) is 45.0 Å². The molecule has 1 aromatic rings. The maximum Gasteiger partial charge on any atom is 0.250 e. The Morgan fingerprint density at radius 1 is 1.26 bits per heavy atom. The summed E-state index contributed by atoms with van der Waals surface area (Å²) in [6.07, 6.45) is 0.282. The molecule has 0 aromatic heterocycles. The number of rotatable bonds is 5. The average Bonchev–Trinajstić information content (AvgIpc) is 3.08. The van der Waals surface area contributed by atoms with Gasteiger partial charge in [0.05, 0.1) is 6.61 Å². The summed E-state index contributed by atoms with van der Waals surface area (Å²) in [5, 5.41) is 0.200. The summed E-state index contributed by atoms with van der Waals surface area (Å²) >= 11 is 0. The molecule has 0 aliphatic carbocycles. The third kappa shape index (κ3) is 3.98. The van der Waals surface area contributed by atoms with Crippen LogP contribution in [0.15, 0.2) is 24.3 Å². The van der Waals surface area contributed by atoms with E-state index in [1.54, 1.807) is 0 Å². The SMILES string of the molecule is CC(C)(C)[Si](C)(C)Oc1cccc(OCC2CO2)c1. The summed E-state index contributed by atoms with van der Waals surface area (Å²) in [6.45, 7) is 12.7. The largest absolute Gasteiger partial charge is 0.543 e. The zero-order valence-corrected chi connectivity index (χ0v) is 13.5. The van der Waals surface area contributed by atoms with Gasteiger partial charge in [-0.05, 0) is 30.3 Å². The van der Waals surface area contributed by atoms with Crippen molar-refractivity contribution in [1.82, 2.24) is 0 Å². The Bertz CT molecular complexity index is 433. The molecule has 1 saturated heterocycles. The van der Waals surface area contributed by atoms with Crippen LogP contribution in [0, 0.1) is 0 Å². The first-order valence-corrected chi connectivity index (χ1v) is 9.72. The molecule has 1 aliphatic heterocycles. The maximum atomic E-state index is 6.26. The zero-order valence-electron chi connectivity index (χ0n) is 12.5. The second kappa shape index (κ2) is 5.17. The molecule has 0 amide bonds. The average molecular weight is 280 g/mol. The summed E-state index contributed by atoms with van der Waals surface area (Å²) < 4.78 is 17.1. The summed E-state index contributed by atoms with van der Waals surface area (Å²) in [4.78, 5) is 0. The first-order valence-electron chi connectivity index (χ1n) is 6.81. The minimum absolute atomic E-state index is 0.200. The molecule has 2 rings (SSSR count). The highest BCUT2D eigenvalue weighted by Gasteiger charge is 2.39. The normalized spacial score (nSPS) is 19.1. The van der Waals surface area contributed by atoms with Crippen molar-refractivity contribution in [1.29, 1.82) is 0 Å². The van der Waals surface area contributed by atoms with E-state index in [1.807, 2.05) is 24.3 Å². The van der Waals surface area contributed by atoms with Gasteiger partial charge in [0, 0.05) is 6.07 Å². The van der Waals surface area contributed by atoms with E-state index in [1.165, 1.54) is 0 Å². The van der Waals surface area contributed by atoms with Gasteiger partial charge in [-0.3, -0.25) is 0 Å². The molecular formula is C15H24O3Si. The van der Waals surface area contributed by atoms with Crippen molar-refractivity contribution in [2.24, 2.45) is 0 Å². The number of benzene rings is 1. The molecule has 1 aromatic carbocycles. The molecule has 0 N–H and O–H groups in total. The standard InChI is InChI=1S/C15H24O3Si/c1-15(2,3)19(4,5)18-13-8-6-7-12(9-13)16-10-14-11-17-14/h6-9,14H,10-11H2,1-5H3. The van der Waals surface area contributed by atoms with Crippen LogP contribution in [0.4, 0.5) is 0 Å². The summed E-state index contributed by atoms with van der Waals surface area (Å²) in [6, 6.07) is 7.91. The van der Waals surface area contributed by atoms with Gasteiger partial charge in [0.2, 0.25) is 8.32 Å². The van der Waals surface area contributed by atoms with E-state index in [0.29, 0.717) is 6.61 Å². The minimum Gasteiger partial charge on any atom is -0.543 e. The lowest BCUT2D eigenvalue weighted by atomic mass is 10.2. The van der Waals surface area contributed by atoms with Crippen LogP contribution in [-0.2, 0) is 4.74 Å². The molecule has 1 unspecified atom stereocenters. The number of epoxide rings is 1. The van der Waals surface area contributed by atoms with Crippen LogP contribution in [-0.4, -0.2) is 27.6 Å². The van der Waals surface area contributed by atoms with Crippen LogP contribution in [0.3, 0.4) is 0 Å². The molecule has 1 aliphatic rings. The molecular weight excluding hydrogens is 256 g/mol. The predicted octanol–water partition coefficient (Wildman–Crippen LogP) is 3.85. The number of hydrogen-bond acceptors (Lipinski definition) is 3. The van der Waals surface area contributed by atoms with Crippen molar-refractivity contribution >= 4 is 8.32 Å². The monoisotopic (exact) mass is 280 g/mol. The highest BCUT2D eigenvalue weighted by molar-refractivity contribution is 6.74. The summed E-state index contributed by atoms with van der Waals surface area (Å²) in [5.41, 5.74) is 0. The van der Waals surface area contributed by atoms with E-state index >= 15 is 0 Å². The Hall–Kier alpha value is -1.00. The molecule has 0 bridgehead atoms. The van der Waals surface area contributed by atoms with Crippen molar-refractivity contribution in [3.05, 3.63) is 24.3 Å². The van der Waals surface area contributed by atoms with Gasteiger partial charge in [-0.2, -0.15) is 0 Å². The molecule has 0 spiro atoms. The van der Waals surface area contributed by atoms with Crippen LogP contribution in [0.1, 0.15) is 20.8 Å². The Morgan fingerprint density at radius 2 is 1.89 bits per heavy atom. The molecule has 106 valence electrons. The fourth-order valence-electron chi connectivity index (χ4n) is 1.43. The Kier molecular flexibility index (Phi) is 3.92. The Morgan fingerprint density at radius 3 is 2.47 bits per heavy atom. The van der Waals surface area contributed by atoms with Gasteiger partial charge in [-0.25, -0.2) is 0 Å². The Balaban J connectivity index is 2.01. The van der Waals surface area contributed by atoms with Crippen LogP contribution in [0.2, 0.25) is 18.1 Å². The second-order valence-corrected chi connectivity index (χ2v) is 11.3. The molecule has 0 radical (unpaired) electrons. The molecule has 0 saturated carbocycles. The second-order valence-electron chi connectivity index (χ2n) is 6.60. The van der Waals surface area contributed by atoms with Gasteiger partial charge in [0.25, 0.3) is 0 Å². The fraction of sp³-hybridized carbons (Fsp3) is 0.600. The Labute approximate surface area is 117 Å². The molecule has 4 heteroatoms. The first-order chi connectivity index (χ1) is 8.78. The lowest BCUT2D eigenvalue weighted by Gasteiger charge is -2.36. The fourth-order valence-corrected chi connectivity index (χ4v) is 2.45. The van der Waals surface area contributed by atoms with Crippen molar-refractivity contribution in [3.63, 3.8) is 0 Å². The molecule has 1 atom stereocenters. The minimum atomic E-state index is -1.78. The van der Waals surface area contributed by atoms with Crippen LogP contribution < -0.4 is 9.16 Å². The summed E-state index contributed by atoms with van der Waals surface area (Å²) in [5.74, 6) is 1.76. The van der Waals surface area contributed by atoms with E-state index in [9.17, 15) is 0 Å². The topological polar surface area (TPSA) is 31.0 Å². The molecule has 1 heterocycles. The first kappa shape index (κ1) is 14.4. The van der Waals surface area contributed by atoms with Crippen LogP contribution in [0.25, 0.3) is 0 Å². The third-order valence-corrected chi connectivity index (χ3v) is 8.18. The van der Waals surface area contributed by atoms with Crippen LogP contribution >= 0.6 is 0 Å². The predicted molar refractivity (Wildman–Crippen MR) is 79.5 cm³/mol. The van der Waals surface area contributed by atoms with E-state index in [4.69, 9.17) is 13.9 Å². The van der Waals surface area contributed by atoms with Gasteiger partial charge in [-0.1, -0.05) is 26.8 Å². The number of hydrogen-bond donors (Lipinski definition) is 0. The van der Waals surface area contributed by atoms with Gasteiger partial charge < -0.3 is 13.9 Å². The van der Waals surface area contributed by atoms with Gasteiger partial charge in [-0.15, -0.1) is 0 Å². The lowest BCUT2D eigenvalue weighted by molar-refractivity contribution is 0.262. The van der Waals surface area contributed by atoms with E-state index < -0.39 is 8.32 Å². The van der Waals surface area contributed by atoms with Crippen molar-refractivity contribution < 1.29 is 13.9 Å². The van der Waals surface area contributed by atoms with E-state index in [0.717, 1.165) is 18.1 Å². The van der Waals surface area contributed by atoms with E-state index in [-0.39, 0.29) is 11.1 Å². The van der Waals surface area contributed by atoms with Gasteiger partial charge in [0.1, 0.15) is 24.2 Å².